The minimum absolute atomic E-state index is 0.249. The third-order valence-corrected chi connectivity index (χ3v) is 10.1. The molecule has 0 aliphatic carbocycles. The fourth-order valence-electron chi connectivity index (χ4n) is 3.20. The van der Waals surface area contributed by atoms with E-state index >= 15 is 0 Å². The van der Waals surface area contributed by atoms with E-state index in [1.165, 1.54) is 11.1 Å². The molecule has 0 spiro atoms. The molecule has 1 aliphatic heterocycles. The molecule has 4 heteroatoms. The van der Waals surface area contributed by atoms with Gasteiger partial charge in [0.05, 0.1) is 12.2 Å². The minimum atomic E-state index is -1.71. The summed E-state index contributed by atoms with van der Waals surface area (Å²) in [7, 11) is -1.71. The van der Waals surface area contributed by atoms with Gasteiger partial charge in [-0.3, -0.25) is 4.90 Å². The van der Waals surface area contributed by atoms with Gasteiger partial charge in [-0.2, -0.15) is 0 Å². The van der Waals surface area contributed by atoms with Crippen molar-refractivity contribution in [3.05, 3.63) is 34.9 Å². The summed E-state index contributed by atoms with van der Waals surface area (Å²) < 4.78 is 6.53. The number of β-amino-alcohol motifs (C(OH)–C–C–N with tert-alkyl or cyclic N) is 1. The summed E-state index contributed by atoms with van der Waals surface area (Å²) in [6.07, 6.45) is 0.971. The maximum absolute atomic E-state index is 10.6. The van der Waals surface area contributed by atoms with Crippen LogP contribution in [0.3, 0.4) is 0 Å². The van der Waals surface area contributed by atoms with Crippen LogP contribution in [0.5, 0.6) is 0 Å². The molecule has 0 aromatic heterocycles. The summed E-state index contributed by atoms with van der Waals surface area (Å²) in [6, 6.07) is 6.34. The van der Waals surface area contributed by atoms with E-state index in [-0.39, 0.29) is 5.04 Å². The second-order valence-electron chi connectivity index (χ2n) is 8.99. The first-order valence-corrected chi connectivity index (χ1v) is 12.1. The molecule has 0 radical (unpaired) electrons. The van der Waals surface area contributed by atoms with Crippen molar-refractivity contribution >= 4 is 8.32 Å². The number of aryl methyl sites for hydroxylation is 2. The molecule has 136 valence electrons. The third-order valence-electron chi connectivity index (χ3n) is 5.56. The van der Waals surface area contributed by atoms with Crippen molar-refractivity contribution in [3.63, 3.8) is 0 Å². The van der Waals surface area contributed by atoms with Gasteiger partial charge in [-0.15, -0.1) is 0 Å². The molecule has 0 amide bonds. The topological polar surface area (TPSA) is 32.7 Å². The number of benzene rings is 1. The molecule has 24 heavy (non-hydrogen) atoms. The molecule has 3 nitrogen and oxygen atoms in total. The van der Waals surface area contributed by atoms with E-state index in [0.29, 0.717) is 12.6 Å². The summed E-state index contributed by atoms with van der Waals surface area (Å²) in [6.45, 7) is 18.3. The molecule has 1 heterocycles. The van der Waals surface area contributed by atoms with E-state index in [0.717, 1.165) is 25.1 Å². The molecule has 1 aliphatic rings. The van der Waals surface area contributed by atoms with Crippen molar-refractivity contribution in [3.8, 4) is 0 Å². The van der Waals surface area contributed by atoms with Crippen LogP contribution in [0.15, 0.2) is 18.2 Å². The Bertz CT molecular complexity index is 545. The first kappa shape index (κ1) is 19.6. The van der Waals surface area contributed by atoms with Crippen molar-refractivity contribution < 1.29 is 9.53 Å². The smallest absolute Gasteiger partial charge is 0.192 e. The van der Waals surface area contributed by atoms with Gasteiger partial charge in [0.1, 0.15) is 0 Å². The third kappa shape index (κ3) is 4.91. The van der Waals surface area contributed by atoms with E-state index in [9.17, 15) is 5.11 Å². The predicted molar refractivity (Wildman–Crippen MR) is 104 cm³/mol. The van der Waals surface area contributed by atoms with Gasteiger partial charge in [-0.05, 0) is 44.0 Å². The maximum Gasteiger partial charge on any atom is 0.192 e. The highest BCUT2D eigenvalue weighted by atomic mass is 28.4. The highest BCUT2D eigenvalue weighted by molar-refractivity contribution is 6.74. The van der Waals surface area contributed by atoms with Crippen LogP contribution in [0.2, 0.25) is 18.1 Å². The Labute approximate surface area is 149 Å². The van der Waals surface area contributed by atoms with Crippen molar-refractivity contribution in [2.45, 2.75) is 71.4 Å². The summed E-state index contributed by atoms with van der Waals surface area (Å²) in [5.41, 5.74) is 3.45. The average molecular weight is 350 g/mol. The molecule has 0 unspecified atom stereocenters. The lowest BCUT2D eigenvalue weighted by Gasteiger charge is -2.38. The highest BCUT2D eigenvalue weighted by Gasteiger charge is 2.40. The zero-order valence-electron chi connectivity index (χ0n) is 16.5. The maximum atomic E-state index is 10.6. The molecule has 1 saturated heterocycles. The van der Waals surface area contributed by atoms with Crippen LogP contribution >= 0.6 is 0 Å². The van der Waals surface area contributed by atoms with E-state index in [2.05, 4.69) is 70.8 Å². The quantitative estimate of drug-likeness (QED) is 0.798. The van der Waals surface area contributed by atoms with Crippen LogP contribution < -0.4 is 0 Å². The van der Waals surface area contributed by atoms with Crippen LogP contribution in [0.1, 0.15) is 50.0 Å². The zero-order valence-corrected chi connectivity index (χ0v) is 17.5. The molecule has 0 saturated carbocycles. The molecule has 1 fully saturated rings. The van der Waals surface area contributed by atoms with Crippen molar-refractivity contribution in [1.29, 1.82) is 0 Å². The Kier molecular flexibility index (Phi) is 5.96. The minimum Gasteiger partial charge on any atom is -0.413 e. The molecule has 1 N–H and O–H groups in total. The van der Waals surface area contributed by atoms with E-state index in [4.69, 9.17) is 4.43 Å². The van der Waals surface area contributed by atoms with Gasteiger partial charge in [0.15, 0.2) is 8.32 Å². The number of aliphatic hydroxyl groups excluding tert-OH is 1. The lowest BCUT2D eigenvalue weighted by atomic mass is 10.0. The molecule has 1 aromatic rings. The molecular formula is C20H35NO2Si. The zero-order chi connectivity index (χ0) is 18.1. The van der Waals surface area contributed by atoms with Gasteiger partial charge in [-0.1, -0.05) is 50.1 Å². The largest absolute Gasteiger partial charge is 0.413 e. The summed E-state index contributed by atoms with van der Waals surface area (Å²) in [5, 5.41) is 10.9. The Morgan fingerprint density at radius 3 is 2.33 bits per heavy atom. The molecule has 1 aromatic carbocycles. The molecule has 2 atom stereocenters. The molecular weight excluding hydrogens is 314 g/mol. The fourth-order valence-corrected chi connectivity index (χ4v) is 4.58. The van der Waals surface area contributed by atoms with Gasteiger partial charge >= 0.3 is 0 Å². The van der Waals surface area contributed by atoms with Crippen LogP contribution in [-0.4, -0.2) is 44.1 Å². The fraction of sp³-hybridized carbons (Fsp3) is 0.700. The normalized spacial score (nSPS) is 21.2. The second-order valence-corrected chi connectivity index (χ2v) is 13.7. The van der Waals surface area contributed by atoms with Gasteiger partial charge in [0, 0.05) is 19.6 Å². The number of aliphatic hydroxyl groups is 1. The van der Waals surface area contributed by atoms with E-state index in [1.54, 1.807) is 0 Å². The highest BCUT2D eigenvalue weighted by Crippen LogP contribution is 2.38. The second kappa shape index (κ2) is 7.28. The number of hydrogen-bond donors (Lipinski definition) is 1. The van der Waals surface area contributed by atoms with Crippen LogP contribution in [0.4, 0.5) is 0 Å². The monoisotopic (exact) mass is 349 g/mol. The first-order chi connectivity index (χ1) is 11.0. The Morgan fingerprint density at radius 2 is 1.79 bits per heavy atom. The van der Waals surface area contributed by atoms with Crippen molar-refractivity contribution in [2.75, 3.05) is 19.6 Å². The summed E-state index contributed by atoms with van der Waals surface area (Å²) in [5.74, 6) is 0. The first-order valence-electron chi connectivity index (χ1n) is 9.14. The Balaban J connectivity index is 1.92. The van der Waals surface area contributed by atoms with Gasteiger partial charge in [0.25, 0.3) is 0 Å². The van der Waals surface area contributed by atoms with Crippen molar-refractivity contribution in [2.24, 2.45) is 0 Å². The molecule has 2 rings (SSSR count). The number of rotatable bonds is 5. The van der Waals surface area contributed by atoms with Crippen LogP contribution in [0, 0.1) is 13.8 Å². The number of hydrogen-bond acceptors (Lipinski definition) is 3. The van der Waals surface area contributed by atoms with E-state index < -0.39 is 14.4 Å². The lowest BCUT2D eigenvalue weighted by Crippen LogP contribution is -2.44. The van der Waals surface area contributed by atoms with Crippen LogP contribution in [0.25, 0.3) is 0 Å². The standard InChI is InChI=1S/C20H35NO2Si/c1-15-10-16(2)12-17(11-15)19(22)14-21-9-8-18(13-21)23-24(6,7)20(3,4)5/h10-12,18-19,22H,8-9,13-14H2,1-7H3/t18-,19-/m0/s1. The summed E-state index contributed by atoms with van der Waals surface area (Å²) >= 11 is 0. The Morgan fingerprint density at radius 1 is 1.21 bits per heavy atom. The van der Waals surface area contributed by atoms with Crippen molar-refractivity contribution in [1.82, 2.24) is 4.90 Å². The van der Waals surface area contributed by atoms with Crippen LogP contribution in [-0.2, 0) is 4.43 Å². The SMILES string of the molecule is Cc1cc(C)cc([C@@H](O)CN2CC[C@H](O[Si](C)(C)C(C)(C)C)C2)c1. The lowest BCUT2D eigenvalue weighted by molar-refractivity contribution is 0.115. The number of nitrogens with zero attached hydrogens (tertiary/aromatic N) is 1. The predicted octanol–water partition coefficient (Wildman–Crippen LogP) is 4.43. The van der Waals surface area contributed by atoms with Gasteiger partial charge in [0.2, 0.25) is 0 Å². The van der Waals surface area contributed by atoms with Gasteiger partial charge < -0.3 is 9.53 Å². The molecule has 0 bridgehead atoms. The summed E-state index contributed by atoms with van der Waals surface area (Å²) in [4.78, 5) is 2.35. The number of likely N-dealkylation sites (tertiary alicyclic amines) is 1. The van der Waals surface area contributed by atoms with E-state index in [1.807, 2.05) is 0 Å². The average Bonchev–Trinajstić information content (AvgIpc) is 2.82. The Hall–Kier alpha value is -0.683. The van der Waals surface area contributed by atoms with Gasteiger partial charge in [-0.25, -0.2) is 0 Å².